The predicted molar refractivity (Wildman–Crippen MR) is 92.1 cm³/mol. The summed E-state index contributed by atoms with van der Waals surface area (Å²) in [6, 6.07) is 14.9. The molecule has 0 atom stereocenters. The zero-order chi connectivity index (χ0) is 17.3. The summed E-state index contributed by atoms with van der Waals surface area (Å²) >= 11 is 0. The molecule has 120 valence electrons. The number of fused-ring (bicyclic) bond motifs is 1. The minimum Gasteiger partial charge on any atom is -0.366 e. The number of amides is 2. The first-order valence-corrected chi connectivity index (χ1v) is 7.28. The van der Waals surface area contributed by atoms with Crippen molar-refractivity contribution in [2.75, 3.05) is 5.32 Å². The fraction of sp³-hybridized carbons (Fsp3) is 0.0556. The summed E-state index contributed by atoms with van der Waals surface area (Å²) in [6.45, 7) is 0. The van der Waals surface area contributed by atoms with E-state index in [2.05, 4.69) is 5.32 Å². The number of para-hydroxylation sites is 2. The first kappa shape index (κ1) is 15.5. The van der Waals surface area contributed by atoms with Crippen molar-refractivity contribution in [1.29, 1.82) is 0 Å². The van der Waals surface area contributed by atoms with E-state index >= 15 is 0 Å². The molecule has 3 N–H and O–H groups in total. The summed E-state index contributed by atoms with van der Waals surface area (Å²) in [4.78, 5) is 36.2. The third-order valence-electron chi connectivity index (χ3n) is 3.84. The molecular weight excluding hydrogens is 306 g/mol. The van der Waals surface area contributed by atoms with E-state index in [1.165, 1.54) is 16.7 Å². The van der Waals surface area contributed by atoms with Crippen molar-refractivity contribution in [3.05, 3.63) is 76.1 Å². The molecule has 0 fully saturated rings. The second kappa shape index (κ2) is 6.00. The van der Waals surface area contributed by atoms with Crippen molar-refractivity contribution in [3.63, 3.8) is 0 Å². The molecule has 0 aliphatic carbocycles. The lowest BCUT2D eigenvalue weighted by atomic mass is 10.1. The van der Waals surface area contributed by atoms with E-state index in [9.17, 15) is 14.4 Å². The third-order valence-corrected chi connectivity index (χ3v) is 3.84. The molecule has 2 aromatic carbocycles. The number of hydrogen-bond donors (Lipinski definition) is 2. The molecule has 0 unspecified atom stereocenters. The standard InChI is InChI=1S/C18H15N3O3/c1-21-15-9-5-3-6-11(15)13(10-16(21)22)18(24)20-14-8-4-2-7-12(14)17(19)23/h2-10H,1H3,(H2,19,23)(H,20,24). The van der Waals surface area contributed by atoms with Gasteiger partial charge in [0.15, 0.2) is 0 Å². The average molecular weight is 321 g/mol. The van der Waals surface area contributed by atoms with Crippen LogP contribution in [0.15, 0.2) is 59.4 Å². The van der Waals surface area contributed by atoms with Gasteiger partial charge in [-0.25, -0.2) is 0 Å². The molecule has 0 saturated carbocycles. The Morgan fingerprint density at radius 2 is 1.67 bits per heavy atom. The molecule has 3 aromatic rings. The van der Waals surface area contributed by atoms with Crippen molar-refractivity contribution in [2.24, 2.45) is 12.8 Å². The van der Waals surface area contributed by atoms with E-state index in [-0.39, 0.29) is 16.7 Å². The van der Waals surface area contributed by atoms with Gasteiger partial charge in [0.1, 0.15) is 0 Å². The fourth-order valence-corrected chi connectivity index (χ4v) is 2.60. The monoisotopic (exact) mass is 321 g/mol. The van der Waals surface area contributed by atoms with Crippen LogP contribution in [0.25, 0.3) is 10.9 Å². The maximum atomic E-state index is 12.7. The van der Waals surface area contributed by atoms with E-state index < -0.39 is 11.8 Å². The van der Waals surface area contributed by atoms with E-state index in [1.807, 2.05) is 0 Å². The summed E-state index contributed by atoms with van der Waals surface area (Å²) in [5, 5.41) is 3.31. The lowest BCUT2D eigenvalue weighted by molar-refractivity contribution is 0.100. The second-order valence-electron chi connectivity index (χ2n) is 5.34. The lowest BCUT2D eigenvalue weighted by Crippen LogP contribution is -2.23. The van der Waals surface area contributed by atoms with Crippen molar-refractivity contribution in [2.45, 2.75) is 0 Å². The van der Waals surface area contributed by atoms with Crippen molar-refractivity contribution >= 4 is 28.4 Å². The Morgan fingerprint density at radius 1 is 1.00 bits per heavy atom. The largest absolute Gasteiger partial charge is 0.366 e. The number of anilines is 1. The number of carbonyl (C=O) groups excluding carboxylic acids is 2. The topological polar surface area (TPSA) is 94.2 Å². The van der Waals surface area contributed by atoms with Gasteiger partial charge < -0.3 is 15.6 Å². The molecule has 3 rings (SSSR count). The Morgan fingerprint density at radius 3 is 2.42 bits per heavy atom. The summed E-state index contributed by atoms with van der Waals surface area (Å²) in [5.74, 6) is -1.11. The number of rotatable bonds is 3. The highest BCUT2D eigenvalue weighted by atomic mass is 16.2. The van der Waals surface area contributed by atoms with Crippen LogP contribution in [-0.2, 0) is 7.05 Å². The van der Waals surface area contributed by atoms with Crippen LogP contribution in [0, 0.1) is 0 Å². The Bertz CT molecular complexity index is 1020. The fourth-order valence-electron chi connectivity index (χ4n) is 2.60. The average Bonchev–Trinajstić information content (AvgIpc) is 2.58. The molecule has 0 aliphatic rings. The normalized spacial score (nSPS) is 10.5. The Hall–Kier alpha value is -3.41. The van der Waals surface area contributed by atoms with Gasteiger partial charge >= 0.3 is 0 Å². The maximum Gasteiger partial charge on any atom is 0.256 e. The van der Waals surface area contributed by atoms with Crippen LogP contribution in [0.4, 0.5) is 5.69 Å². The molecule has 6 nitrogen and oxygen atoms in total. The highest BCUT2D eigenvalue weighted by Crippen LogP contribution is 2.20. The number of aryl methyl sites for hydroxylation is 1. The Kier molecular flexibility index (Phi) is 3.87. The molecule has 1 aromatic heterocycles. The zero-order valence-electron chi connectivity index (χ0n) is 12.9. The number of hydrogen-bond acceptors (Lipinski definition) is 3. The molecule has 6 heteroatoms. The summed E-state index contributed by atoms with van der Waals surface area (Å²) < 4.78 is 1.48. The summed E-state index contributed by atoms with van der Waals surface area (Å²) in [6.07, 6.45) is 0. The van der Waals surface area contributed by atoms with Crippen LogP contribution >= 0.6 is 0 Å². The molecule has 0 saturated heterocycles. The van der Waals surface area contributed by atoms with E-state index in [0.717, 1.165) is 0 Å². The number of nitrogens with one attached hydrogen (secondary N) is 1. The summed E-state index contributed by atoms with van der Waals surface area (Å²) in [5.41, 5.74) is 6.44. The number of pyridine rings is 1. The van der Waals surface area contributed by atoms with Gasteiger partial charge in [-0.2, -0.15) is 0 Å². The first-order valence-electron chi connectivity index (χ1n) is 7.28. The minimum atomic E-state index is -0.639. The number of nitrogens with two attached hydrogens (primary N) is 1. The van der Waals surface area contributed by atoms with E-state index in [4.69, 9.17) is 5.73 Å². The van der Waals surface area contributed by atoms with Crippen LogP contribution in [0.2, 0.25) is 0 Å². The van der Waals surface area contributed by atoms with Gasteiger partial charge in [-0.05, 0) is 18.2 Å². The SMILES string of the molecule is Cn1c(=O)cc(C(=O)Nc2ccccc2C(N)=O)c2ccccc21. The molecule has 24 heavy (non-hydrogen) atoms. The van der Waals surface area contributed by atoms with Crippen LogP contribution in [-0.4, -0.2) is 16.4 Å². The van der Waals surface area contributed by atoms with Gasteiger partial charge in [0, 0.05) is 18.5 Å². The first-order chi connectivity index (χ1) is 11.5. The van der Waals surface area contributed by atoms with E-state index in [0.29, 0.717) is 16.6 Å². The van der Waals surface area contributed by atoms with Gasteiger partial charge in [-0.15, -0.1) is 0 Å². The smallest absolute Gasteiger partial charge is 0.256 e. The van der Waals surface area contributed by atoms with Gasteiger partial charge in [0.05, 0.1) is 22.3 Å². The van der Waals surface area contributed by atoms with Crippen molar-refractivity contribution < 1.29 is 9.59 Å². The molecular formula is C18H15N3O3. The molecule has 0 spiro atoms. The minimum absolute atomic E-state index is 0.207. The Labute approximate surface area is 137 Å². The van der Waals surface area contributed by atoms with Gasteiger partial charge in [0.25, 0.3) is 17.4 Å². The molecule has 0 bridgehead atoms. The van der Waals surface area contributed by atoms with Crippen LogP contribution < -0.4 is 16.6 Å². The maximum absolute atomic E-state index is 12.7. The summed E-state index contributed by atoms with van der Waals surface area (Å²) in [7, 11) is 1.65. The number of benzene rings is 2. The molecule has 0 radical (unpaired) electrons. The molecule has 1 heterocycles. The second-order valence-corrected chi connectivity index (χ2v) is 5.34. The van der Waals surface area contributed by atoms with Crippen LogP contribution in [0.5, 0.6) is 0 Å². The number of nitrogens with zero attached hydrogens (tertiary/aromatic N) is 1. The van der Waals surface area contributed by atoms with Gasteiger partial charge in [0.2, 0.25) is 0 Å². The van der Waals surface area contributed by atoms with Crippen LogP contribution in [0.3, 0.4) is 0 Å². The van der Waals surface area contributed by atoms with Crippen molar-refractivity contribution in [1.82, 2.24) is 4.57 Å². The van der Waals surface area contributed by atoms with Crippen molar-refractivity contribution in [3.8, 4) is 0 Å². The highest BCUT2D eigenvalue weighted by molar-refractivity contribution is 6.14. The van der Waals surface area contributed by atoms with Gasteiger partial charge in [-0.3, -0.25) is 14.4 Å². The third kappa shape index (κ3) is 2.65. The lowest BCUT2D eigenvalue weighted by Gasteiger charge is -2.12. The van der Waals surface area contributed by atoms with E-state index in [1.54, 1.807) is 49.5 Å². The quantitative estimate of drug-likeness (QED) is 0.771. The number of primary amides is 1. The number of aromatic nitrogens is 1. The Balaban J connectivity index is 2.09. The predicted octanol–water partition coefficient (Wildman–Crippen LogP) is 1.89. The van der Waals surface area contributed by atoms with Crippen LogP contribution in [0.1, 0.15) is 20.7 Å². The zero-order valence-corrected chi connectivity index (χ0v) is 12.9. The molecule has 0 aliphatic heterocycles. The van der Waals surface area contributed by atoms with Gasteiger partial charge in [-0.1, -0.05) is 30.3 Å². The number of carbonyl (C=O) groups is 2. The highest BCUT2D eigenvalue weighted by Gasteiger charge is 2.16. The molecule has 2 amide bonds.